The van der Waals surface area contributed by atoms with Crippen LogP contribution in [0.5, 0.6) is 0 Å². The highest BCUT2D eigenvalue weighted by atomic mass is 35.5. The molecule has 0 bridgehead atoms. The quantitative estimate of drug-likeness (QED) is 0.389. The molecule has 3 aromatic rings. The molecule has 3 rings (SSSR count). The molecule has 0 saturated carbocycles. The van der Waals surface area contributed by atoms with Crippen LogP contribution in [-0.4, -0.2) is 51.3 Å². The summed E-state index contributed by atoms with van der Waals surface area (Å²) in [4.78, 5) is 28.0. The van der Waals surface area contributed by atoms with Gasteiger partial charge in [-0.2, -0.15) is 0 Å². The van der Waals surface area contributed by atoms with Crippen molar-refractivity contribution in [3.63, 3.8) is 0 Å². The molecule has 7 nitrogen and oxygen atoms in total. The SMILES string of the molecule is CC[C@H](C(=O)NC)N(CCc1ccccc1)C(=O)CN(c1cccc(Cl)c1)S(=O)(=O)c1ccc(C)cc1. The Hall–Kier alpha value is -3.36. The molecule has 37 heavy (non-hydrogen) atoms. The van der Waals surface area contributed by atoms with Gasteiger partial charge >= 0.3 is 0 Å². The number of nitrogens with one attached hydrogen (secondary N) is 1. The molecule has 0 heterocycles. The van der Waals surface area contributed by atoms with Crippen LogP contribution in [0.4, 0.5) is 5.69 Å². The molecule has 196 valence electrons. The maximum Gasteiger partial charge on any atom is 0.264 e. The van der Waals surface area contributed by atoms with Crippen molar-refractivity contribution >= 4 is 39.1 Å². The number of anilines is 1. The number of carbonyl (C=O) groups is 2. The first kappa shape index (κ1) is 28.2. The average Bonchev–Trinajstić information content (AvgIpc) is 2.89. The summed E-state index contributed by atoms with van der Waals surface area (Å²) in [6.45, 7) is 3.45. The van der Waals surface area contributed by atoms with Crippen molar-refractivity contribution in [3.8, 4) is 0 Å². The van der Waals surface area contributed by atoms with Gasteiger partial charge in [-0.05, 0) is 55.7 Å². The summed E-state index contributed by atoms with van der Waals surface area (Å²) < 4.78 is 28.6. The van der Waals surface area contributed by atoms with E-state index in [0.29, 0.717) is 17.9 Å². The van der Waals surface area contributed by atoms with Crippen molar-refractivity contribution in [3.05, 3.63) is 95.0 Å². The van der Waals surface area contributed by atoms with Crippen LogP contribution < -0.4 is 9.62 Å². The van der Waals surface area contributed by atoms with Gasteiger partial charge in [0.25, 0.3) is 10.0 Å². The zero-order valence-electron chi connectivity index (χ0n) is 21.2. The Morgan fingerprint density at radius 1 is 0.973 bits per heavy atom. The van der Waals surface area contributed by atoms with E-state index in [1.54, 1.807) is 30.3 Å². The first-order chi connectivity index (χ1) is 17.7. The zero-order valence-corrected chi connectivity index (χ0v) is 22.8. The molecule has 0 aliphatic heterocycles. The highest BCUT2D eigenvalue weighted by molar-refractivity contribution is 7.92. The van der Waals surface area contributed by atoms with E-state index in [1.165, 1.54) is 30.1 Å². The van der Waals surface area contributed by atoms with Crippen molar-refractivity contribution in [2.45, 2.75) is 37.6 Å². The first-order valence-corrected chi connectivity index (χ1v) is 13.9. The van der Waals surface area contributed by atoms with E-state index < -0.39 is 28.5 Å². The summed E-state index contributed by atoms with van der Waals surface area (Å²) in [6, 6.07) is 21.7. The summed E-state index contributed by atoms with van der Waals surface area (Å²) >= 11 is 6.19. The Morgan fingerprint density at radius 2 is 1.65 bits per heavy atom. The number of halogens is 1. The van der Waals surface area contributed by atoms with Gasteiger partial charge in [-0.3, -0.25) is 13.9 Å². The summed E-state index contributed by atoms with van der Waals surface area (Å²) in [7, 11) is -2.60. The highest BCUT2D eigenvalue weighted by Crippen LogP contribution is 2.27. The summed E-state index contributed by atoms with van der Waals surface area (Å²) in [5, 5.41) is 2.96. The molecule has 3 aromatic carbocycles. The molecule has 0 spiro atoms. The smallest absolute Gasteiger partial charge is 0.264 e. The lowest BCUT2D eigenvalue weighted by molar-refractivity contribution is -0.139. The second-order valence-corrected chi connectivity index (χ2v) is 11.0. The maximum absolute atomic E-state index is 13.8. The Labute approximate surface area is 224 Å². The van der Waals surface area contributed by atoms with Crippen LogP contribution in [0.2, 0.25) is 5.02 Å². The number of likely N-dealkylation sites (N-methyl/N-ethyl adjacent to an activating group) is 1. The monoisotopic (exact) mass is 541 g/mol. The second kappa shape index (κ2) is 12.7. The number of amides is 2. The second-order valence-electron chi connectivity index (χ2n) is 8.67. The van der Waals surface area contributed by atoms with Gasteiger partial charge in [0.05, 0.1) is 10.6 Å². The van der Waals surface area contributed by atoms with Crippen molar-refractivity contribution in [2.75, 3.05) is 24.4 Å². The molecule has 0 aliphatic carbocycles. The van der Waals surface area contributed by atoms with Crippen LogP contribution in [-0.2, 0) is 26.0 Å². The Kier molecular flexibility index (Phi) is 9.72. The van der Waals surface area contributed by atoms with E-state index >= 15 is 0 Å². The molecule has 0 radical (unpaired) electrons. The third-order valence-electron chi connectivity index (χ3n) is 6.10. The van der Waals surface area contributed by atoms with E-state index in [-0.39, 0.29) is 23.0 Å². The van der Waals surface area contributed by atoms with Crippen LogP contribution in [0.25, 0.3) is 0 Å². The van der Waals surface area contributed by atoms with Gasteiger partial charge in [-0.15, -0.1) is 0 Å². The number of hydrogen-bond donors (Lipinski definition) is 1. The summed E-state index contributed by atoms with van der Waals surface area (Å²) in [5.41, 5.74) is 2.18. The van der Waals surface area contributed by atoms with Crippen molar-refractivity contribution in [2.24, 2.45) is 0 Å². The predicted octanol–water partition coefficient (Wildman–Crippen LogP) is 4.44. The Morgan fingerprint density at radius 3 is 2.24 bits per heavy atom. The minimum atomic E-state index is -4.11. The number of hydrogen-bond acceptors (Lipinski definition) is 4. The van der Waals surface area contributed by atoms with Gasteiger partial charge in [-0.1, -0.05) is 72.6 Å². The average molecular weight is 542 g/mol. The third-order valence-corrected chi connectivity index (χ3v) is 8.12. The van der Waals surface area contributed by atoms with Crippen LogP contribution in [0.15, 0.2) is 83.8 Å². The van der Waals surface area contributed by atoms with Gasteiger partial charge < -0.3 is 10.2 Å². The Bertz CT molecular complexity index is 1310. The molecular weight excluding hydrogens is 510 g/mol. The van der Waals surface area contributed by atoms with E-state index in [4.69, 9.17) is 11.6 Å². The molecule has 1 N–H and O–H groups in total. The highest BCUT2D eigenvalue weighted by Gasteiger charge is 2.33. The van der Waals surface area contributed by atoms with Crippen LogP contribution >= 0.6 is 11.6 Å². The lowest BCUT2D eigenvalue weighted by atomic mass is 10.1. The maximum atomic E-state index is 13.8. The molecular formula is C28H32ClN3O4S. The first-order valence-electron chi connectivity index (χ1n) is 12.1. The largest absolute Gasteiger partial charge is 0.357 e. The number of benzene rings is 3. The van der Waals surface area contributed by atoms with E-state index in [9.17, 15) is 18.0 Å². The zero-order chi connectivity index (χ0) is 27.0. The molecule has 0 aromatic heterocycles. The topological polar surface area (TPSA) is 86.8 Å². The molecule has 0 saturated heterocycles. The van der Waals surface area contributed by atoms with E-state index in [2.05, 4.69) is 5.32 Å². The number of aryl methyl sites for hydroxylation is 1. The Balaban J connectivity index is 2.00. The molecule has 0 fully saturated rings. The van der Waals surface area contributed by atoms with Crippen molar-refractivity contribution in [1.82, 2.24) is 10.2 Å². The number of carbonyl (C=O) groups excluding carboxylic acids is 2. The number of rotatable bonds is 11. The standard InChI is InChI=1S/C28H32ClN3O4S/c1-4-26(28(34)30-3)31(18-17-22-9-6-5-7-10-22)27(33)20-32(24-12-8-11-23(29)19-24)37(35,36)25-15-13-21(2)14-16-25/h5-16,19,26H,4,17-18,20H2,1-3H3,(H,30,34)/t26-/m1/s1. The predicted molar refractivity (Wildman–Crippen MR) is 147 cm³/mol. The van der Waals surface area contributed by atoms with Gasteiger partial charge in [0.2, 0.25) is 11.8 Å². The van der Waals surface area contributed by atoms with Crippen molar-refractivity contribution in [1.29, 1.82) is 0 Å². The lowest BCUT2D eigenvalue weighted by Crippen LogP contribution is -2.52. The minimum Gasteiger partial charge on any atom is -0.357 e. The molecule has 0 aliphatic rings. The number of sulfonamides is 1. The van der Waals surface area contributed by atoms with Crippen LogP contribution in [0.3, 0.4) is 0 Å². The summed E-state index contributed by atoms with van der Waals surface area (Å²) in [5.74, 6) is -0.790. The van der Waals surface area contributed by atoms with Crippen LogP contribution in [0, 0.1) is 6.92 Å². The fraction of sp³-hybridized carbons (Fsp3) is 0.286. The fourth-order valence-corrected chi connectivity index (χ4v) is 5.65. The minimum absolute atomic E-state index is 0.0556. The van der Waals surface area contributed by atoms with Gasteiger partial charge in [-0.25, -0.2) is 8.42 Å². The van der Waals surface area contributed by atoms with Gasteiger partial charge in [0, 0.05) is 18.6 Å². The van der Waals surface area contributed by atoms with E-state index in [1.807, 2.05) is 44.2 Å². The lowest BCUT2D eigenvalue weighted by Gasteiger charge is -2.33. The normalized spacial score (nSPS) is 12.0. The van der Waals surface area contributed by atoms with Crippen molar-refractivity contribution < 1.29 is 18.0 Å². The van der Waals surface area contributed by atoms with E-state index in [0.717, 1.165) is 15.4 Å². The molecule has 9 heteroatoms. The van der Waals surface area contributed by atoms with Gasteiger partial charge in [0.1, 0.15) is 12.6 Å². The summed E-state index contributed by atoms with van der Waals surface area (Å²) in [6.07, 6.45) is 0.893. The molecule has 0 unspecified atom stereocenters. The molecule has 2 amide bonds. The number of nitrogens with zero attached hydrogens (tertiary/aromatic N) is 2. The third kappa shape index (κ3) is 7.11. The van der Waals surface area contributed by atoms with Gasteiger partial charge in [0.15, 0.2) is 0 Å². The molecule has 1 atom stereocenters. The van der Waals surface area contributed by atoms with Crippen LogP contribution in [0.1, 0.15) is 24.5 Å². The fourth-order valence-electron chi connectivity index (χ4n) is 4.06.